The van der Waals surface area contributed by atoms with Gasteiger partial charge in [-0.25, -0.2) is 0 Å². The lowest BCUT2D eigenvalue weighted by Gasteiger charge is -2.16. The molecule has 11 aromatic rings. The number of carbonyl (C=O) groups excluding carboxylic acids is 4. The number of aromatic nitrogens is 4. The molecule has 6 aliphatic rings. The zero-order valence-corrected chi connectivity index (χ0v) is 37.6. The van der Waals surface area contributed by atoms with E-state index >= 15 is 0 Å². The van der Waals surface area contributed by atoms with Crippen molar-refractivity contribution in [2.75, 3.05) is 7.11 Å². The largest absolute Gasteiger partial charge is 0.497 e. The molecule has 2 saturated carbocycles. The van der Waals surface area contributed by atoms with Gasteiger partial charge < -0.3 is 33.2 Å². The molecule has 17 rings (SSSR count). The smallest absolute Gasteiger partial charge is 0.255 e. The van der Waals surface area contributed by atoms with Crippen LogP contribution in [0, 0.1) is 0 Å². The number of hydrogen-bond donors (Lipinski definition) is 1. The highest BCUT2D eigenvalue weighted by atomic mass is 16.5. The minimum Gasteiger partial charge on any atom is -0.497 e. The Labute approximate surface area is 393 Å². The van der Waals surface area contributed by atoms with Crippen LogP contribution in [-0.4, -0.2) is 53.7 Å². The van der Waals surface area contributed by atoms with Crippen molar-refractivity contribution in [2.24, 2.45) is 0 Å². The molecule has 4 atom stereocenters. The molecular weight excluding hydrogens is 861 g/mol. The van der Waals surface area contributed by atoms with Crippen LogP contribution in [0.25, 0.3) is 87.2 Å². The first-order chi connectivity index (χ1) is 33.9. The minimum absolute atomic E-state index is 0.0112. The molecule has 2 aliphatic carbocycles. The van der Waals surface area contributed by atoms with Crippen LogP contribution in [-0.2, 0) is 29.2 Å². The second-order valence-corrected chi connectivity index (χ2v) is 20.0. The van der Waals surface area contributed by atoms with Crippen LogP contribution in [0.3, 0.4) is 0 Å². The summed E-state index contributed by atoms with van der Waals surface area (Å²) in [6, 6.07) is 41.4. The number of carbonyl (C=O) groups is 4. The highest BCUT2D eigenvalue weighted by Crippen LogP contribution is 2.55. The number of nitrogens with one attached hydrogen (secondary N) is 1. The van der Waals surface area contributed by atoms with Gasteiger partial charge in [0.15, 0.2) is 11.6 Å². The monoisotopic (exact) mass is 902 g/mol. The second kappa shape index (κ2) is 13.1. The lowest BCUT2D eigenvalue weighted by Crippen LogP contribution is -2.23. The van der Waals surface area contributed by atoms with Gasteiger partial charge in [-0.2, -0.15) is 0 Å². The molecule has 0 saturated heterocycles. The van der Waals surface area contributed by atoms with Crippen molar-refractivity contribution >= 4 is 111 Å². The van der Waals surface area contributed by atoms with Gasteiger partial charge >= 0.3 is 0 Å². The van der Waals surface area contributed by atoms with Crippen LogP contribution in [0.1, 0.15) is 87.3 Å². The quantitative estimate of drug-likeness (QED) is 0.190. The average molecular weight is 903 g/mol. The molecular formula is C58H42N6O5. The Morgan fingerprint density at radius 1 is 0.522 bits per heavy atom. The van der Waals surface area contributed by atoms with Crippen LogP contribution in [0.2, 0.25) is 0 Å². The number of rotatable bonds is 3. The first-order valence-electron chi connectivity index (χ1n) is 24.1. The van der Waals surface area contributed by atoms with E-state index in [-0.39, 0.29) is 36.0 Å². The molecule has 4 aromatic heterocycles. The first-order valence-corrected chi connectivity index (χ1v) is 24.1. The zero-order chi connectivity index (χ0) is 45.7. The lowest BCUT2D eigenvalue weighted by atomic mass is 9.97. The maximum Gasteiger partial charge on any atom is 0.255 e. The number of amides is 2. The number of hydrogen-bond acceptors (Lipinski definition) is 5. The van der Waals surface area contributed by atoms with Gasteiger partial charge in [-0.1, -0.05) is 84.9 Å². The summed E-state index contributed by atoms with van der Waals surface area (Å²) >= 11 is 0. The molecule has 2 amide bonds. The van der Waals surface area contributed by atoms with E-state index in [4.69, 9.17) is 4.74 Å². The standard InChI is InChI=1S/C33H25N3O3.C25H17N3O2/c1-39-20-12-10-18(11-13-20)16-34-17-23-28-21-6-2-5-9-25(21)36-26-14-19(15-27(26)37)35-24-8-4-3-7-22(24)29(30(23)33(34)38)32(35)31(28)36;29-19-10-12-9-18(19)28-17-8-4-1-5-13(17)20-15-11-26-25(30)22(15)21-14-6-2-3-7-16(14)27(12)24(21)23(20)28/h2-13,19,26H,14-17H2,1H3;1-8,12,18H,9-11H2,(H,26,30)/t19-,26+;12-,18+/m00/s1. The molecule has 0 unspecified atom stereocenters. The minimum atomic E-state index is -0.176. The Morgan fingerprint density at radius 2 is 0.971 bits per heavy atom. The third-order valence-electron chi connectivity index (χ3n) is 16.8. The number of methoxy groups -OCH3 is 1. The van der Waals surface area contributed by atoms with Crippen LogP contribution < -0.4 is 10.1 Å². The third-order valence-corrected chi connectivity index (χ3v) is 16.8. The summed E-state index contributed by atoms with van der Waals surface area (Å²) in [6.07, 6.45) is 2.68. The van der Waals surface area contributed by atoms with E-state index < -0.39 is 0 Å². The number of ketones is 2. The van der Waals surface area contributed by atoms with Crippen molar-refractivity contribution in [3.8, 4) is 5.75 Å². The van der Waals surface area contributed by atoms with E-state index in [0.29, 0.717) is 44.0 Å². The van der Waals surface area contributed by atoms with Crippen molar-refractivity contribution < 1.29 is 23.9 Å². The van der Waals surface area contributed by atoms with Gasteiger partial charge in [0.2, 0.25) is 0 Å². The highest BCUT2D eigenvalue weighted by molar-refractivity contribution is 6.33. The molecule has 334 valence electrons. The molecule has 11 heteroatoms. The van der Waals surface area contributed by atoms with Gasteiger partial charge in [0, 0.05) is 110 Å². The predicted octanol–water partition coefficient (Wildman–Crippen LogP) is 11.1. The molecule has 4 aliphatic heterocycles. The van der Waals surface area contributed by atoms with Crippen LogP contribution in [0.4, 0.5) is 0 Å². The molecule has 1 N–H and O–H groups in total. The topological polar surface area (TPSA) is 112 Å². The van der Waals surface area contributed by atoms with E-state index in [1.54, 1.807) is 7.11 Å². The maximum absolute atomic E-state index is 14.3. The number of benzene rings is 7. The SMILES string of the molecule is COc1ccc(CN2Cc3c(c4c5ccccc5n5c4c4c3c3ccccc3n4[C@@H]3C[C@H]5CC3=O)C2=O)cc1.O=C1NCc2c1c1c3ccccc3n3c1c1c2c2ccccc2n1[C@@H]1C[C@H]3CC1=O. The molecule has 11 nitrogen and oxygen atoms in total. The van der Waals surface area contributed by atoms with E-state index in [9.17, 15) is 19.2 Å². The Bertz CT molecular complexity index is 4260. The number of fused-ring (bicyclic) bond motifs is 26. The number of ether oxygens (including phenoxy) is 1. The Kier molecular flexibility index (Phi) is 7.17. The number of nitrogens with zero attached hydrogens (tertiary/aromatic N) is 5. The Balaban J connectivity index is 0.000000124. The molecule has 7 aromatic carbocycles. The fraction of sp³-hybridized carbons (Fsp3) is 0.207. The molecule has 0 spiro atoms. The Hall–Kier alpha value is -8.18. The Morgan fingerprint density at radius 3 is 1.49 bits per heavy atom. The summed E-state index contributed by atoms with van der Waals surface area (Å²) < 4.78 is 14.7. The van der Waals surface area contributed by atoms with Crippen molar-refractivity contribution in [2.45, 2.75) is 69.5 Å². The summed E-state index contributed by atoms with van der Waals surface area (Å²) in [7, 11) is 1.66. The van der Waals surface area contributed by atoms with Crippen LogP contribution in [0.5, 0.6) is 5.75 Å². The van der Waals surface area contributed by atoms with Gasteiger partial charge in [0.1, 0.15) is 5.75 Å². The van der Waals surface area contributed by atoms with E-state index in [1.165, 1.54) is 0 Å². The first kappa shape index (κ1) is 37.9. The number of Topliss-reactive ketones (excluding diaryl/α,β-unsaturated/α-hetero) is 2. The fourth-order valence-corrected chi connectivity index (χ4v) is 14.2. The predicted molar refractivity (Wildman–Crippen MR) is 267 cm³/mol. The summed E-state index contributed by atoms with van der Waals surface area (Å²) in [5.41, 5.74) is 13.8. The lowest BCUT2D eigenvalue weighted by molar-refractivity contribution is -0.120. The average Bonchev–Trinajstić information content (AvgIpc) is 4.26. The normalized spacial score (nSPS) is 20.7. The van der Waals surface area contributed by atoms with E-state index in [2.05, 4.69) is 102 Å². The van der Waals surface area contributed by atoms with E-state index in [0.717, 1.165) is 134 Å². The molecule has 0 radical (unpaired) electrons. The van der Waals surface area contributed by atoms with Crippen molar-refractivity contribution in [1.82, 2.24) is 28.5 Å². The van der Waals surface area contributed by atoms with Gasteiger partial charge in [-0.3, -0.25) is 19.2 Å². The summed E-state index contributed by atoms with van der Waals surface area (Å²) in [6.45, 7) is 1.61. The number of para-hydroxylation sites is 4. The fourth-order valence-electron chi connectivity index (χ4n) is 14.2. The molecule has 8 heterocycles. The van der Waals surface area contributed by atoms with Crippen LogP contribution in [0.15, 0.2) is 121 Å². The van der Waals surface area contributed by atoms with E-state index in [1.807, 2.05) is 47.4 Å². The van der Waals surface area contributed by atoms with Gasteiger partial charge in [0.05, 0.1) is 52.4 Å². The summed E-state index contributed by atoms with van der Waals surface area (Å²) in [5.74, 6) is 1.51. The highest BCUT2D eigenvalue weighted by Gasteiger charge is 2.46. The van der Waals surface area contributed by atoms with Crippen molar-refractivity contribution in [3.05, 3.63) is 149 Å². The van der Waals surface area contributed by atoms with Gasteiger partial charge in [-0.15, -0.1) is 0 Å². The summed E-state index contributed by atoms with van der Waals surface area (Å²) in [5, 5.41) is 11.9. The van der Waals surface area contributed by atoms with Crippen LogP contribution >= 0.6 is 0 Å². The van der Waals surface area contributed by atoms with Crippen molar-refractivity contribution in [1.29, 1.82) is 0 Å². The van der Waals surface area contributed by atoms with Crippen molar-refractivity contribution in [3.63, 3.8) is 0 Å². The third kappa shape index (κ3) is 4.59. The van der Waals surface area contributed by atoms with Gasteiger partial charge in [0.25, 0.3) is 11.8 Å². The second-order valence-electron chi connectivity index (χ2n) is 20.0. The molecule has 4 bridgehead atoms. The molecule has 2 fully saturated rings. The maximum atomic E-state index is 14.3. The molecule has 69 heavy (non-hydrogen) atoms. The zero-order valence-electron chi connectivity index (χ0n) is 37.6. The summed E-state index contributed by atoms with van der Waals surface area (Å²) in [4.78, 5) is 56.0. The van der Waals surface area contributed by atoms with Gasteiger partial charge in [-0.05, 0) is 65.9 Å².